The molecule has 1 nitrogen and oxygen atoms in total. The van der Waals surface area contributed by atoms with Crippen molar-refractivity contribution in [1.82, 2.24) is 0 Å². The van der Waals surface area contributed by atoms with Gasteiger partial charge in [0.15, 0.2) is 0 Å². The normalized spacial score (nSPS) is 11.7. The third kappa shape index (κ3) is 35.9. The molecule has 0 aliphatic heterocycles. The summed E-state index contributed by atoms with van der Waals surface area (Å²) in [5.41, 5.74) is 0. The fourth-order valence-corrected chi connectivity index (χ4v) is 5.85. The second-order valence-electron chi connectivity index (χ2n) is 13.0. The zero-order valence-corrected chi connectivity index (χ0v) is 27.9. The highest BCUT2D eigenvalue weighted by Gasteiger charge is 2.03. The number of rotatable bonds is 35. The monoisotopic (exact) mass is 550 g/mol. The van der Waals surface area contributed by atoms with E-state index in [0.29, 0.717) is 0 Å². The van der Waals surface area contributed by atoms with Crippen molar-refractivity contribution in [2.75, 3.05) is 13.2 Å². The first-order valence-electron chi connectivity index (χ1n) is 18.7. The lowest BCUT2D eigenvalue weighted by atomic mass is 9.99. The Morgan fingerprint density at radius 3 is 0.923 bits per heavy atom. The molecule has 0 amide bonds. The Kier molecular flexibility index (Phi) is 35.9. The lowest BCUT2D eigenvalue weighted by Crippen LogP contribution is -2.02. The maximum atomic E-state index is 5.93. The highest BCUT2D eigenvalue weighted by Crippen LogP contribution is 2.18. The Bertz CT molecular complexity index is 406. The van der Waals surface area contributed by atoms with Gasteiger partial charge in [0.2, 0.25) is 0 Å². The molecule has 0 bridgehead atoms. The van der Waals surface area contributed by atoms with Crippen LogP contribution in [0.5, 0.6) is 0 Å². The number of ether oxygens (including phenoxy) is 1. The topological polar surface area (TPSA) is 9.23 Å². The second-order valence-corrected chi connectivity index (χ2v) is 13.0. The minimum atomic E-state index is 0.948. The SMILES string of the molecule is CCCCCCCCCCCCCCCCCCOCC[C](C)CCCCCCCCCCCCCCCC. The van der Waals surface area contributed by atoms with Crippen molar-refractivity contribution in [3.8, 4) is 0 Å². The maximum Gasteiger partial charge on any atom is 0.0471 e. The van der Waals surface area contributed by atoms with E-state index in [1.165, 1.54) is 205 Å². The van der Waals surface area contributed by atoms with Gasteiger partial charge in [-0.05, 0) is 25.2 Å². The van der Waals surface area contributed by atoms with E-state index in [-0.39, 0.29) is 0 Å². The molecule has 0 unspecified atom stereocenters. The van der Waals surface area contributed by atoms with E-state index in [1.807, 2.05) is 0 Å². The standard InChI is InChI=1S/C38H77O/c1-4-6-8-10-12-14-16-18-20-21-23-25-27-29-31-33-36-39-37-35-38(3)34-32-30-28-26-24-22-19-17-15-13-11-9-7-5-2/h4-37H2,1-3H3. The molecule has 0 aliphatic rings. The summed E-state index contributed by atoms with van der Waals surface area (Å²) in [5, 5.41) is 0. The molecule has 0 heterocycles. The molecule has 235 valence electrons. The predicted octanol–water partition coefficient (Wildman–Crippen LogP) is 14.1. The number of unbranched alkanes of at least 4 members (excludes halogenated alkanes) is 28. The minimum Gasteiger partial charge on any atom is -0.381 e. The summed E-state index contributed by atoms with van der Waals surface area (Å²) in [6, 6.07) is 0. The molecule has 1 heteroatoms. The van der Waals surface area contributed by atoms with Crippen LogP contribution in [0.15, 0.2) is 0 Å². The summed E-state index contributed by atoms with van der Waals surface area (Å²) >= 11 is 0. The van der Waals surface area contributed by atoms with E-state index in [9.17, 15) is 0 Å². The molecule has 0 saturated carbocycles. The highest BCUT2D eigenvalue weighted by atomic mass is 16.5. The number of hydrogen-bond acceptors (Lipinski definition) is 1. The molecule has 1 radical (unpaired) electrons. The van der Waals surface area contributed by atoms with Gasteiger partial charge < -0.3 is 4.74 Å². The van der Waals surface area contributed by atoms with Crippen LogP contribution in [0.4, 0.5) is 0 Å². The lowest BCUT2D eigenvalue weighted by Gasteiger charge is -2.11. The summed E-state index contributed by atoms with van der Waals surface area (Å²) < 4.78 is 5.93. The Hall–Kier alpha value is -0.0400. The van der Waals surface area contributed by atoms with Gasteiger partial charge in [-0.25, -0.2) is 0 Å². The first kappa shape index (κ1) is 39.0. The Balaban J connectivity index is 3.13. The average molecular weight is 550 g/mol. The predicted molar refractivity (Wildman–Crippen MR) is 179 cm³/mol. The van der Waals surface area contributed by atoms with E-state index < -0.39 is 0 Å². The Morgan fingerprint density at radius 1 is 0.308 bits per heavy atom. The van der Waals surface area contributed by atoms with Crippen LogP contribution >= 0.6 is 0 Å². The van der Waals surface area contributed by atoms with Crippen molar-refractivity contribution in [3.63, 3.8) is 0 Å². The zero-order valence-electron chi connectivity index (χ0n) is 27.9. The van der Waals surface area contributed by atoms with Gasteiger partial charge in [-0.2, -0.15) is 0 Å². The molecular formula is C38H77O. The second kappa shape index (κ2) is 36.0. The van der Waals surface area contributed by atoms with Gasteiger partial charge in [0.1, 0.15) is 0 Å². The smallest absolute Gasteiger partial charge is 0.0471 e. The van der Waals surface area contributed by atoms with Crippen LogP contribution < -0.4 is 0 Å². The molecule has 0 aromatic carbocycles. The van der Waals surface area contributed by atoms with E-state index in [1.54, 1.807) is 5.92 Å². The maximum absolute atomic E-state index is 5.93. The van der Waals surface area contributed by atoms with E-state index in [0.717, 1.165) is 13.2 Å². The van der Waals surface area contributed by atoms with E-state index >= 15 is 0 Å². The summed E-state index contributed by atoms with van der Waals surface area (Å²) in [5.74, 6) is 1.65. The molecule has 0 saturated heterocycles. The molecule has 39 heavy (non-hydrogen) atoms. The number of hydrogen-bond donors (Lipinski definition) is 0. The van der Waals surface area contributed by atoms with Gasteiger partial charge in [-0.15, -0.1) is 0 Å². The van der Waals surface area contributed by atoms with Crippen molar-refractivity contribution in [3.05, 3.63) is 5.92 Å². The molecular weight excluding hydrogens is 472 g/mol. The van der Waals surface area contributed by atoms with Crippen LogP contribution in [0.3, 0.4) is 0 Å². The molecule has 0 aromatic heterocycles. The minimum absolute atomic E-state index is 0.948. The Labute approximate surface area is 249 Å². The summed E-state index contributed by atoms with van der Waals surface area (Å²) in [7, 11) is 0. The van der Waals surface area contributed by atoms with Gasteiger partial charge in [0.25, 0.3) is 0 Å². The van der Waals surface area contributed by atoms with Crippen LogP contribution in [-0.4, -0.2) is 13.2 Å². The fourth-order valence-electron chi connectivity index (χ4n) is 5.85. The van der Waals surface area contributed by atoms with Crippen molar-refractivity contribution in [2.45, 2.75) is 226 Å². The fraction of sp³-hybridized carbons (Fsp3) is 0.974. The first-order valence-corrected chi connectivity index (χ1v) is 18.7. The summed E-state index contributed by atoms with van der Waals surface area (Å²) in [6.45, 7) is 8.88. The van der Waals surface area contributed by atoms with Crippen molar-refractivity contribution in [2.24, 2.45) is 0 Å². The molecule has 0 spiro atoms. The van der Waals surface area contributed by atoms with Crippen molar-refractivity contribution >= 4 is 0 Å². The third-order valence-corrected chi connectivity index (χ3v) is 8.77. The summed E-state index contributed by atoms with van der Waals surface area (Å²) in [6.07, 6.45) is 45.7. The van der Waals surface area contributed by atoms with E-state index in [4.69, 9.17) is 4.74 Å². The van der Waals surface area contributed by atoms with Crippen molar-refractivity contribution in [1.29, 1.82) is 0 Å². The van der Waals surface area contributed by atoms with Gasteiger partial charge in [0, 0.05) is 13.2 Å². The molecule has 0 aliphatic carbocycles. The molecule has 0 rings (SSSR count). The molecule has 0 fully saturated rings. The lowest BCUT2D eigenvalue weighted by molar-refractivity contribution is 0.129. The van der Waals surface area contributed by atoms with Crippen molar-refractivity contribution < 1.29 is 4.74 Å². The molecule has 0 atom stereocenters. The van der Waals surface area contributed by atoms with Crippen LogP contribution in [0, 0.1) is 5.92 Å². The quantitative estimate of drug-likeness (QED) is 0.0714. The average Bonchev–Trinajstić information content (AvgIpc) is 2.94. The van der Waals surface area contributed by atoms with E-state index in [2.05, 4.69) is 20.8 Å². The summed E-state index contributed by atoms with van der Waals surface area (Å²) in [4.78, 5) is 0. The van der Waals surface area contributed by atoms with Crippen LogP contribution in [0.25, 0.3) is 0 Å². The van der Waals surface area contributed by atoms with Crippen LogP contribution in [0.2, 0.25) is 0 Å². The highest BCUT2D eigenvalue weighted by molar-refractivity contribution is 4.83. The first-order chi connectivity index (χ1) is 19.3. The van der Waals surface area contributed by atoms with Gasteiger partial charge >= 0.3 is 0 Å². The van der Waals surface area contributed by atoms with Crippen LogP contribution in [0.1, 0.15) is 226 Å². The molecule has 0 N–H and O–H groups in total. The van der Waals surface area contributed by atoms with Gasteiger partial charge in [-0.1, -0.05) is 207 Å². The largest absolute Gasteiger partial charge is 0.381 e. The van der Waals surface area contributed by atoms with Gasteiger partial charge in [0.05, 0.1) is 0 Å². The Morgan fingerprint density at radius 2 is 0.590 bits per heavy atom. The zero-order chi connectivity index (χ0) is 28.3. The third-order valence-electron chi connectivity index (χ3n) is 8.77. The van der Waals surface area contributed by atoms with Crippen LogP contribution in [-0.2, 0) is 4.74 Å². The molecule has 0 aromatic rings. The van der Waals surface area contributed by atoms with Gasteiger partial charge in [-0.3, -0.25) is 0 Å².